The molecule has 0 bridgehead atoms. The quantitative estimate of drug-likeness (QED) is 0.737. The molecule has 0 spiro atoms. The number of nitrogens with one attached hydrogen (secondary N) is 1. The Labute approximate surface area is 154 Å². The Balaban J connectivity index is 1.33. The van der Waals surface area contributed by atoms with Crippen molar-refractivity contribution in [3.63, 3.8) is 0 Å². The minimum Gasteiger partial charge on any atom is -0.393 e. The molecule has 0 unspecified atom stereocenters. The molecule has 0 atom stereocenters. The molecule has 2 N–H and O–H groups in total. The summed E-state index contributed by atoms with van der Waals surface area (Å²) in [5.74, 6) is 0. The Morgan fingerprint density at radius 2 is 1.73 bits per heavy atom. The van der Waals surface area contributed by atoms with E-state index in [0.29, 0.717) is 0 Å². The van der Waals surface area contributed by atoms with Gasteiger partial charge in [-0.15, -0.1) is 0 Å². The average Bonchev–Trinajstić information content (AvgIpc) is 2.69. The number of pyridine rings is 1. The van der Waals surface area contributed by atoms with E-state index >= 15 is 0 Å². The number of anilines is 1. The van der Waals surface area contributed by atoms with Crippen molar-refractivity contribution in [2.75, 3.05) is 18.4 Å². The van der Waals surface area contributed by atoms with Crippen LogP contribution in [0, 0.1) is 0 Å². The van der Waals surface area contributed by atoms with Gasteiger partial charge in [0.15, 0.2) is 0 Å². The molecule has 4 nitrogen and oxygen atoms in total. The summed E-state index contributed by atoms with van der Waals surface area (Å²) in [7, 11) is 0. The van der Waals surface area contributed by atoms with E-state index in [9.17, 15) is 5.11 Å². The van der Waals surface area contributed by atoms with Gasteiger partial charge in [0.1, 0.15) is 0 Å². The van der Waals surface area contributed by atoms with Gasteiger partial charge in [0.2, 0.25) is 0 Å². The van der Waals surface area contributed by atoms with Gasteiger partial charge in [0, 0.05) is 49.6 Å². The van der Waals surface area contributed by atoms with Crippen LogP contribution < -0.4 is 5.32 Å². The summed E-state index contributed by atoms with van der Waals surface area (Å²) in [5, 5.41) is 15.5. The number of nitrogens with zero attached hydrogens (tertiary/aromatic N) is 2. The molecule has 4 rings (SSSR count). The molecule has 1 aromatic heterocycles. The average molecular weight is 347 g/mol. The molecular formula is C22H25N3O. The molecule has 0 amide bonds. The highest BCUT2D eigenvalue weighted by Gasteiger charge is 2.16. The lowest BCUT2D eigenvalue weighted by atomic mass is 10.1. The first kappa shape index (κ1) is 17.0. The van der Waals surface area contributed by atoms with E-state index in [2.05, 4.69) is 57.7 Å². The number of fused-ring (bicyclic) bond motifs is 1. The number of hydrogen-bond donors (Lipinski definition) is 2. The Morgan fingerprint density at radius 1 is 0.962 bits per heavy atom. The van der Waals surface area contributed by atoms with E-state index in [0.717, 1.165) is 44.7 Å². The van der Waals surface area contributed by atoms with Crippen molar-refractivity contribution in [3.8, 4) is 0 Å². The monoisotopic (exact) mass is 347 g/mol. The van der Waals surface area contributed by atoms with Gasteiger partial charge in [0.25, 0.3) is 0 Å². The Hall–Kier alpha value is -2.43. The fourth-order valence-electron chi connectivity index (χ4n) is 3.51. The van der Waals surface area contributed by atoms with Crippen molar-refractivity contribution in [3.05, 3.63) is 72.1 Å². The molecule has 0 aliphatic carbocycles. The minimum atomic E-state index is -0.108. The van der Waals surface area contributed by atoms with E-state index in [1.165, 1.54) is 21.9 Å². The zero-order valence-electron chi connectivity index (χ0n) is 14.9. The second-order valence-corrected chi connectivity index (χ2v) is 7.11. The van der Waals surface area contributed by atoms with Crippen molar-refractivity contribution >= 4 is 16.5 Å². The van der Waals surface area contributed by atoms with Gasteiger partial charge in [0.05, 0.1) is 6.10 Å². The number of aliphatic hydroxyl groups excluding tert-OH is 1. The van der Waals surface area contributed by atoms with Crippen LogP contribution in [0.1, 0.15) is 24.0 Å². The summed E-state index contributed by atoms with van der Waals surface area (Å²) < 4.78 is 0. The lowest BCUT2D eigenvalue weighted by Gasteiger charge is -2.29. The predicted octanol–water partition coefficient (Wildman–Crippen LogP) is 3.80. The first-order chi connectivity index (χ1) is 12.8. The maximum absolute atomic E-state index is 9.60. The second kappa shape index (κ2) is 7.85. The smallest absolute Gasteiger partial charge is 0.0564 e. The summed E-state index contributed by atoms with van der Waals surface area (Å²) in [5.41, 5.74) is 3.71. The second-order valence-electron chi connectivity index (χ2n) is 7.11. The molecule has 0 saturated carbocycles. The van der Waals surface area contributed by atoms with Crippen LogP contribution in [0.15, 0.2) is 60.9 Å². The van der Waals surface area contributed by atoms with Crippen LogP contribution >= 0.6 is 0 Å². The molecule has 1 aliphatic heterocycles. The van der Waals surface area contributed by atoms with Crippen molar-refractivity contribution in [2.45, 2.75) is 32.0 Å². The minimum absolute atomic E-state index is 0.108. The van der Waals surface area contributed by atoms with Crippen LogP contribution in [-0.2, 0) is 13.1 Å². The van der Waals surface area contributed by atoms with Gasteiger partial charge in [-0.25, -0.2) is 0 Å². The third-order valence-corrected chi connectivity index (χ3v) is 5.12. The van der Waals surface area contributed by atoms with Crippen LogP contribution in [-0.4, -0.2) is 34.2 Å². The van der Waals surface area contributed by atoms with E-state index in [1.54, 1.807) is 0 Å². The molecule has 1 saturated heterocycles. The third kappa shape index (κ3) is 4.21. The highest BCUT2D eigenvalue weighted by molar-refractivity contribution is 5.82. The molecule has 1 fully saturated rings. The topological polar surface area (TPSA) is 48.4 Å². The molecular weight excluding hydrogens is 322 g/mol. The van der Waals surface area contributed by atoms with Gasteiger partial charge in [-0.2, -0.15) is 0 Å². The molecule has 0 radical (unpaired) electrons. The van der Waals surface area contributed by atoms with Gasteiger partial charge in [-0.3, -0.25) is 9.88 Å². The highest BCUT2D eigenvalue weighted by atomic mass is 16.3. The maximum atomic E-state index is 9.60. The van der Waals surface area contributed by atoms with Crippen molar-refractivity contribution in [1.82, 2.24) is 9.88 Å². The van der Waals surface area contributed by atoms with Gasteiger partial charge >= 0.3 is 0 Å². The molecule has 26 heavy (non-hydrogen) atoms. The number of hydrogen-bond acceptors (Lipinski definition) is 4. The summed E-state index contributed by atoms with van der Waals surface area (Å²) in [6.07, 6.45) is 5.41. The Kier molecular flexibility index (Phi) is 5.14. The molecule has 2 heterocycles. The maximum Gasteiger partial charge on any atom is 0.0564 e. The van der Waals surface area contributed by atoms with E-state index in [-0.39, 0.29) is 6.10 Å². The molecule has 134 valence electrons. The van der Waals surface area contributed by atoms with Crippen LogP contribution in [0.4, 0.5) is 5.69 Å². The molecule has 2 aromatic carbocycles. The zero-order chi connectivity index (χ0) is 17.8. The molecule has 3 aromatic rings. The Morgan fingerprint density at radius 3 is 2.54 bits per heavy atom. The summed E-state index contributed by atoms with van der Waals surface area (Å²) >= 11 is 0. The fourth-order valence-corrected chi connectivity index (χ4v) is 3.51. The fraction of sp³-hybridized carbons (Fsp3) is 0.318. The van der Waals surface area contributed by atoms with E-state index in [4.69, 9.17) is 0 Å². The third-order valence-electron chi connectivity index (χ3n) is 5.12. The van der Waals surface area contributed by atoms with Gasteiger partial charge < -0.3 is 10.4 Å². The lowest BCUT2D eigenvalue weighted by Crippen LogP contribution is -2.35. The number of likely N-dealkylation sites (tertiary alicyclic amines) is 1. The van der Waals surface area contributed by atoms with Gasteiger partial charge in [-0.1, -0.05) is 24.3 Å². The largest absolute Gasteiger partial charge is 0.393 e. The van der Waals surface area contributed by atoms with Crippen molar-refractivity contribution in [2.24, 2.45) is 0 Å². The first-order valence-electron chi connectivity index (χ1n) is 9.32. The van der Waals surface area contributed by atoms with Crippen LogP contribution in [0.5, 0.6) is 0 Å². The summed E-state index contributed by atoms with van der Waals surface area (Å²) in [6, 6.07) is 17.2. The zero-order valence-corrected chi connectivity index (χ0v) is 14.9. The SMILES string of the molecule is OC1CCN(Cc2ccc(NCc3ccc4ccncc4c3)cc2)CC1. The Bertz CT molecular complexity index is 855. The van der Waals surface area contributed by atoms with Gasteiger partial charge in [-0.05, 0) is 53.6 Å². The number of aliphatic hydroxyl groups is 1. The summed E-state index contributed by atoms with van der Waals surface area (Å²) in [4.78, 5) is 6.61. The van der Waals surface area contributed by atoms with Crippen LogP contribution in [0.2, 0.25) is 0 Å². The van der Waals surface area contributed by atoms with E-state index in [1.807, 2.05) is 18.5 Å². The number of rotatable bonds is 5. The summed E-state index contributed by atoms with van der Waals surface area (Å²) in [6.45, 7) is 3.73. The lowest BCUT2D eigenvalue weighted by molar-refractivity contribution is 0.0792. The van der Waals surface area contributed by atoms with Crippen molar-refractivity contribution < 1.29 is 5.11 Å². The van der Waals surface area contributed by atoms with E-state index < -0.39 is 0 Å². The van der Waals surface area contributed by atoms with Crippen molar-refractivity contribution in [1.29, 1.82) is 0 Å². The highest BCUT2D eigenvalue weighted by Crippen LogP contribution is 2.18. The van der Waals surface area contributed by atoms with Crippen LogP contribution in [0.25, 0.3) is 10.8 Å². The first-order valence-corrected chi connectivity index (χ1v) is 9.32. The number of benzene rings is 2. The standard InChI is InChI=1S/C22H25N3O/c26-22-8-11-25(12-9-22)16-17-2-5-21(6-3-17)24-14-18-1-4-19-7-10-23-15-20(19)13-18/h1-7,10,13,15,22,24,26H,8-9,11-12,14,16H2. The predicted molar refractivity (Wildman–Crippen MR) is 106 cm³/mol. The molecule has 4 heteroatoms. The molecule has 1 aliphatic rings. The normalized spacial score (nSPS) is 16.0. The number of piperidine rings is 1. The number of aromatic nitrogens is 1. The van der Waals surface area contributed by atoms with Crippen LogP contribution in [0.3, 0.4) is 0 Å².